The molecule has 10 aromatic rings. The first kappa shape index (κ1) is 36.2. The number of hydrogen-bond acceptors (Lipinski definition) is 2. The third-order valence-electron chi connectivity index (χ3n) is 14.4. The SMILES string of the molecule is C1=C(c2ccc3c(c2)c2cc(-c4ccccc4)ccc2n3C2=CC=C3Sc4ccccc4C3C2)C2=C(CC1)c1cc(-c3ccccc3)ccc1C2c1ccc2oc3ccccc3c2c1. The number of aromatic nitrogens is 1. The van der Waals surface area contributed by atoms with E-state index in [0.717, 1.165) is 35.8 Å². The third-order valence-corrected chi connectivity index (χ3v) is 15.6. The Hall–Kier alpha value is -7.33. The monoisotopic (exact) mass is 835 g/mol. The summed E-state index contributed by atoms with van der Waals surface area (Å²) in [6.45, 7) is 0. The molecule has 8 aromatic carbocycles. The highest BCUT2D eigenvalue weighted by Crippen LogP contribution is 2.57. The van der Waals surface area contributed by atoms with Gasteiger partial charge in [-0.15, -0.1) is 0 Å². The molecule has 0 spiro atoms. The summed E-state index contributed by atoms with van der Waals surface area (Å²) in [6.07, 6.45) is 10.3. The molecule has 2 aromatic heterocycles. The number of thioether (sulfide) groups is 1. The standard InChI is InChI=1S/C61H41NOS/c1-3-12-37(13-4-1)39-22-27-48-49(32-39)47-19-11-18-44(61(47)60(48)42-25-30-57-52(35-42)45-16-7-9-20-56(45)63-57)41-24-29-55-51(34-41)50-33-40(38-14-5-2-6-15-38)23-28-54(50)62(55)43-26-31-59-53(36-43)46-17-8-10-21-58(46)64-59/h1-10,12-18,20-35,53,60H,11,19,36H2. The molecule has 302 valence electrons. The van der Waals surface area contributed by atoms with Gasteiger partial charge in [0.2, 0.25) is 0 Å². The smallest absolute Gasteiger partial charge is 0.135 e. The van der Waals surface area contributed by atoms with Crippen molar-refractivity contribution in [3.63, 3.8) is 0 Å². The summed E-state index contributed by atoms with van der Waals surface area (Å²) >= 11 is 1.94. The van der Waals surface area contributed by atoms with E-state index in [9.17, 15) is 0 Å². The molecule has 0 saturated heterocycles. The van der Waals surface area contributed by atoms with Crippen molar-refractivity contribution in [1.82, 2.24) is 4.57 Å². The molecule has 2 unspecified atom stereocenters. The van der Waals surface area contributed by atoms with Crippen LogP contribution in [-0.4, -0.2) is 4.57 Å². The number of hydrogen-bond donors (Lipinski definition) is 0. The summed E-state index contributed by atoms with van der Waals surface area (Å²) in [7, 11) is 0. The van der Waals surface area contributed by atoms with E-state index in [-0.39, 0.29) is 5.92 Å². The van der Waals surface area contributed by atoms with Gasteiger partial charge in [0.25, 0.3) is 0 Å². The molecule has 0 bridgehead atoms. The van der Waals surface area contributed by atoms with Crippen molar-refractivity contribution in [2.45, 2.75) is 36.0 Å². The van der Waals surface area contributed by atoms with E-state index in [1.54, 1.807) is 0 Å². The minimum absolute atomic E-state index is 0.0849. The number of allylic oxidation sites excluding steroid dienone is 8. The molecule has 2 atom stereocenters. The first-order valence-corrected chi connectivity index (χ1v) is 23.4. The van der Waals surface area contributed by atoms with Crippen molar-refractivity contribution < 1.29 is 4.42 Å². The number of para-hydroxylation sites is 1. The van der Waals surface area contributed by atoms with Crippen LogP contribution in [0.5, 0.6) is 0 Å². The van der Waals surface area contributed by atoms with E-state index in [1.165, 1.54) is 109 Å². The quantitative estimate of drug-likeness (QED) is 0.172. The van der Waals surface area contributed by atoms with Crippen molar-refractivity contribution >= 4 is 72.3 Å². The van der Waals surface area contributed by atoms with Crippen LogP contribution in [0.4, 0.5) is 0 Å². The maximum absolute atomic E-state index is 6.36. The van der Waals surface area contributed by atoms with Crippen molar-refractivity contribution in [3.8, 4) is 22.3 Å². The lowest BCUT2D eigenvalue weighted by molar-refractivity contribution is 0.668. The van der Waals surface area contributed by atoms with E-state index in [1.807, 2.05) is 11.8 Å². The topological polar surface area (TPSA) is 18.1 Å². The fourth-order valence-electron chi connectivity index (χ4n) is 11.5. The second-order valence-corrected chi connectivity index (χ2v) is 18.9. The van der Waals surface area contributed by atoms with Gasteiger partial charge in [-0.3, -0.25) is 0 Å². The van der Waals surface area contributed by atoms with Crippen LogP contribution >= 0.6 is 11.8 Å². The molecular weight excluding hydrogens is 795 g/mol. The van der Waals surface area contributed by atoms with E-state index < -0.39 is 0 Å². The minimum atomic E-state index is 0.0849. The molecule has 0 amide bonds. The average molecular weight is 836 g/mol. The summed E-state index contributed by atoms with van der Waals surface area (Å²) in [5.74, 6) is 0.471. The molecule has 3 heterocycles. The number of nitrogens with zero attached hydrogens (tertiary/aromatic N) is 1. The average Bonchev–Trinajstić information content (AvgIpc) is 4.11. The minimum Gasteiger partial charge on any atom is -0.456 e. The van der Waals surface area contributed by atoms with Gasteiger partial charge in [-0.05, 0) is 158 Å². The Morgan fingerprint density at radius 2 is 1.20 bits per heavy atom. The predicted octanol–water partition coefficient (Wildman–Crippen LogP) is 16.8. The van der Waals surface area contributed by atoms with Gasteiger partial charge in [-0.1, -0.05) is 145 Å². The predicted molar refractivity (Wildman–Crippen MR) is 268 cm³/mol. The van der Waals surface area contributed by atoms with Crippen LogP contribution in [0, 0.1) is 0 Å². The van der Waals surface area contributed by atoms with E-state index in [2.05, 4.69) is 205 Å². The number of benzene rings is 8. The molecular formula is C61H41NOS. The zero-order valence-electron chi connectivity index (χ0n) is 35.1. The molecule has 0 N–H and O–H groups in total. The van der Waals surface area contributed by atoms with Crippen LogP contribution < -0.4 is 0 Å². The second-order valence-electron chi connectivity index (χ2n) is 17.8. The highest BCUT2D eigenvalue weighted by Gasteiger charge is 2.37. The Morgan fingerprint density at radius 3 is 2.03 bits per heavy atom. The molecule has 1 aliphatic heterocycles. The Labute approximate surface area is 376 Å². The zero-order valence-corrected chi connectivity index (χ0v) is 35.9. The summed E-state index contributed by atoms with van der Waals surface area (Å²) in [4.78, 5) is 2.85. The van der Waals surface area contributed by atoms with Gasteiger partial charge in [0.05, 0.1) is 11.0 Å². The van der Waals surface area contributed by atoms with Crippen LogP contribution in [0.1, 0.15) is 58.9 Å². The normalized spacial score (nSPS) is 17.7. The Morgan fingerprint density at radius 1 is 0.516 bits per heavy atom. The highest BCUT2D eigenvalue weighted by atomic mass is 32.2. The molecule has 14 rings (SSSR count). The van der Waals surface area contributed by atoms with Gasteiger partial charge >= 0.3 is 0 Å². The fourth-order valence-corrected chi connectivity index (χ4v) is 12.7. The molecule has 0 fully saturated rings. The van der Waals surface area contributed by atoms with Gasteiger partial charge < -0.3 is 8.98 Å². The van der Waals surface area contributed by atoms with Gasteiger partial charge in [-0.25, -0.2) is 0 Å². The van der Waals surface area contributed by atoms with Gasteiger partial charge in [0.1, 0.15) is 11.2 Å². The molecule has 3 heteroatoms. The van der Waals surface area contributed by atoms with E-state index in [0.29, 0.717) is 5.92 Å². The molecule has 3 aliphatic carbocycles. The van der Waals surface area contributed by atoms with E-state index >= 15 is 0 Å². The Kier molecular flexibility index (Phi) is 7.97. The third kappa shape index (κ3) is 5.47. The van der Waals surface area contributed by atoms with Crippen LogP contribution in [0.3, 0.4) is 0 Å². The van der Waals surface area contributed by atoms with Gasteiger partial charge in [-0.2, -0.15) is 0 Å². The Bertz CT molecular complexity index is 3730. The number of furan rings is 1. The van der Waals surface area contributed by atoms with Crippen LogP contribution in [0.25, 0.3) is 82.8 Å². The lowest BCUT2D eigenvalue weighted by Gasteiger charge is -2.24. The largest absolute Gasteiger partial charge is 0.456 e. The molecule has 2 nitrogen and oxygen atoms in total. The zero-order chi connectivity index (χ0) is 41.9. The van der Waals surface area contributed by atoms with Crippen molar-refractivity contribution in [2.24, 2.45) is 0 Å². The fraction of sp³-hybridized carbons (Fsp3) is 0.0820. The van der Waals surface area contributed by atoms with Crippen molar-refractivity contribution in [3.05, 3.63) is 239 Å². The lowest BCUT2D eigenvalue weighted by Crippen LogP contribution is -2.07. The van der Waals surface area contributed by atoms with Crippen molar-refractivity contribution in [1.29, 1.82) is 0 Å². The summed E-state index contributed by atoms with van der Waals surface area (Å²) in [5.41, 5.74) is 21.8. The lowest BCUT2D eigenvalue weighted by atomic mass is 9.79. The molecule has 4 aliphatic rings. The summed E-state index contributed by atoms with van der Waals surface area (Å²) in [6, 6.07) is 67.7. The summed E-state index contributed by atoms with van der Waals surface area (Å²) in [5, 5.41) is 4.92. The molecule has 64 heavy (non-hydrogen) atoms. The highest BCUT2D eigenvalue weighted by molar-refractivity contribution is 8.03. The first-order chi connectivity index (χ1) is 31.7. The Balaban J connectivity index is 0.957. The number of fused-ring (bicyclic) bond motifs is 11. The maximum atomic E-state index is 6.36. The second kappa shape index (κ2) is 14.1. The van der Waals surface area contributed by atoms with Crippen LogP contribution in [-0.2, 0) is 0 Å². The maximum Gasteiger partial charge on any atom is 0.135 e. The van der Waals surface area contributed by atoms with Crippen molar-refractivity contribution in [2.75, 3.05) is 0 Å². The molecule has 0 radical (unpaired) electrons. The number of rotatable bonds is 5. The summed E-state index contributed by atoms with van der Waals surface area (Å²) < 4.78 is 8.92. The van der Waals surface area contributed by atoms with Crippen LogP contribution in [0.15, 0.2) is 220 Å². The van der Waals surface area contributed by atoms with Gasteiger partial charge in [0, 0.05) is 44.0 Å². The first-order valence-electron chi connectivity index (χ1n) is 22.6. The van der Waals surface area contributed by atoms with Gasteiger partial charge in [0.15, 0.2) is 0 Å². The van der Waals surface area contributed by atoms with E-state index in [4.69, 9.17) is 4.42 Å². The molecule has 0 saturated carbocycles. The van der Waals surface area contributed by atoms with Crippen LogP contribution in [0.2, 0.25) is 0 Å².